The van der Waals surface area contributed by atoms with Crippen molar-refractivity contribution in [1.82, 2.24) is 24.6 Å². The van der Waals surface area contributed by atoms with E-state index in [2.05, 4.69) is 27.2 Å². The second-order valence-corrected chi connectivity index (χ2v) is 7.15. The third-order valence-electron chi connectivity index (χ3n) is 4.63. The van der Waals surface area contributed by atoms with Crippen LogP contribution < -0.4 is 0 Å². The molecule has 0 unspecified atom stereocenters. The zero-order chi connectivity index (χ0) is 17.2. The van der Waals surface area contributed by atoms with E-state index in [-0.39, 0.29) is 5.91 Å². The van der Waals surface area contributed by atoms with Gasteiger partial charge in [-0.25, -0.2) is 4.98 Å². The van der Waals surface area contributed by atoms with E-state index in [0.29, 0.717) is 11.6 Å². The number of pyridine rings is 1. The van der Waals surface area contributed by atoms with Crippen molar-refractivity contribution >= 4 is 17.2 Å². The molecule has 4 rings (SSSR count). The predicted molar refractivity (Wildman–Crippen MR) is 96.4 cm³/mol. The summed E-state index contributed by atoms with van der Waals surface area (Å²) < 4.78 is 1.74. The Balaban J connectivity index is 1.42. The van der Waals surface area contributed by atoms with Crippen LogP contribution in [-0.2, 0) is 7.05 Å². The van der Waals surface area contributed by atoms with Crippen molar-refractivity contribution in [2.24, 2.45) is 7.05 Å². The van der Waals surface area contributed by atoms with Crippen molar-refractivity contribution in [3.63, 3.8) is 0 Å². The lowest BCUT2D eigenvalue weighted by atomic mass is 9.90. The first-order valence-corrected chi connectivity index (χ1v) is 9.22. The Morgan fingerprint density at radius 3 is 2.68 bits per heavy atom. The molecular formula is C18H19N5OS. The molecule has 0 atom stereocenters. The fraction of sp³-hybridized carbons (Fsp3) is 0.333. The molecule has 0 N–H and O–H groups in total. The van der Waals surface area contributed by atoms with Gasteiger partial charge in [-0.3, -0.25) is 14.5 Å². The first-order chi connectivity index (χ1) is 12.2. The number of nitrogens with zero attached hydrogens (tertiary/aromatic N) is 5. The summed E-state index contributed by atoms with van der Waals surface area (Å²) in [5.74, 6) is 0.535. The monoisotopic (exact) mass is 353 g/mol. The molecule has 0 bridgehead atoms. The van der Waals surface area contributed by atoms with Crippen LogP contribution in [0, 0.1) is 0 Å². The Morgan fingerprint density at radius 1 is 1.24 bits per heavy atom. The van der Waals surface area contributed by atoms with Crippen LogP contribution in [0.5, 0.6) is 0 Å². The lowest BCUT2D eigenvalue weighted by molar-refractivity contribution is 0.0708. The van der Waals surface area contributed by atoms with E-state index in [1.54, 1.807) is 10.9 Å². The van der Waals surface area contributed by atoms with E-state index in [4.69, 9.17) is 0 Å². The van der Waals surface area contributed by atoms with Gasteiger partial charge in [0, 0.05) is 49.7 Å². The van der Waals surface area contributed by atoms with E-state index in [1.165, 1.54) is 16.9 Å². The van der Waals surface area contributed by atoms with Gasteiger partial charge in [-0.1, -0.05) is 0 Å². The molecule has 1 aliphatic heterocycles. The standard InChI is InChI=1S/C18H19N5OS/c1-22-11-15(10-20-22)17-21-16(12-25-17)18(24)23-8-4-14(5-9-23)13-2-6-19-7-3-13/h2-3,6-7,10-12,14H,4-5,8-9H2,1H3. The zero-order valence-electron chi connectivity index (χ0n) is 14.0. The Labute approximate surface area is 150 Å². The minimum Gasteiger partial charge on any atom is -0.337 e. The molecular weight excluding hydrogens is 334 g/mol. The number of piperidine rings is 1. The fourth-order valence-corrected chi connectivity index (χ4v) is 4.02. The average Bonchev–Trinajstić information content (AvgIpc) is 3.31. The molecule has 128 valence electrons. The maximum absolute atomic E-state index is 12.7. The summed E-state index contributed by atoms with van der Waals surface area (Å²) in [5.41, 5.74) is 2.80. The van der Waals surface area contributed by atoms with Crippen LogP contribution in [0.25, 0.3) is 10.6 Å². The van der Waals surface area contributed by atoms with Gasteiger partial charge in [-0.2, -0.15) is 5.10 Å². The summed E-state index contributed by atoms with van der Waals surface area (Å²) in [5, 5.41) is 6.84. The molecule has 1 saturated heterocycles. The molecule has 25 heavy (non-hydrogen) atoms. The van der Waals surface area contributed by atoms with Crippen LogP contribution in [0.4, 0.5) is 0 Å². The van der Waals surface area contributed by atoms with Crippen molar-refractivity contribution in [2.75, 3.05) is 13.1 Å². The number of hydrogen-bond acceptors (Lipinski definition) is 5. The average molecular weight is 353 g/mol. The highest BCUT2D eigenvalue weighted by Gasteiger charge is 2.26. The number of carbonyl (C=O) groups is 1. The van der Waals surface area contributed by atoms with E-state index < -0.39 is 0 Å². The number of carbonyl (C=O) groups excluding carboxylic acids is 1. The molecule has 1 fully saturated rings. The third kappa shape index (κ3) is 3.32. The largest absolute Gasteiger partial charge is 0.337 e. The Bertz CT molecular complexity index is 864. The van der Waals surface area contributed by atoms with Gasteiger partial charge in [0.05, 0.1) is 6.20 Å². The predicted octanol–water partition coefficient (Wildman–Crippen LogP) is 2.96. The second kappa shape index (κ2) is 6.76. The van der Waals surface area contributed by atoms with Crippen LogP contribution in [-0.4, -0.2) is 43.6 Å². The number of aryl methyl sites for hydroxylation is 1. The molecule has 0 radical (unpaired) electrons. The van der Waals surface area contributed by atoms with Crippen molar-refractivity contribution in [3.8, 4) is 10.6 Å². The highest BCUT2D eigenvalue weighted by atomic mass is 32.1. The summed E-state index contributed by atoms with van der Waals surface area (Å²) in [7, 11) is 1.87. The van der Waals surface area contributed by atoms with Gasteiger partial charge >= 0.3 is 0 Å². The molecule has 1 amide bonds. The smallest absolute Gasteiger partial charge is 0.273 e. The van der Waals surface area contributed by atoms with Crippen LogP contribution in [0.1, 0.15) is 34.8 Å². The summed E-state index contributed by atoms with van der Waals surface area (Å²) in [6.45, 7) is 1.54. The molecule has 0 spiro atoms. The number of rotatable bonds is 3. The minimum absolute atomic E-state index is 0.0274. The fourth-order valence-electron chi connectivity index (χ4n) is 3.25. The molecule has 0 aliphatic carbocycles. The number of hydrogen-bond donors (Lipinski definition) is 0. The normalized spacial score (nSPS) is 15.5. The summed E-state index contributed by atoms with van der Waals surface area (Å²) in [6.07, 6.45) is 9.31. The summed E-state index contributed by atoms with van der Waals surface area (Å²) >= 11 is 1.49. The number of amides is 1. The van der Waals surface area contributed by atoms with Crippen molar-refractivity contribution < 1.29 is 4.79 Å². The number of likely N-dealkylation sites (tertiary alicyclic amines) is 1. The third-order valence-corrected chi connectivity index (χ3v) is 5.53. The molecule has 0 saturated carbocycles. The van der Waals surface area contributed by atoms with Crippen molar-refractivity contribution in [3.05, 3.63) is 53.6 Å². The topological polar surface area (TPSA) is 63.9 Å². The maximum atomic E-state index is 12.7. The molecule has 3 aromatic rings. The first-order valence-electron chi connectivity index (χ1n) is 8.34. The Morgan fingerprint density at radius 2 is 2.00 bits per heavy atom. The van der Waals surface area contributed by atoms with Gasteiger partial charge in [0.1, 0.15) is 10.7 Å². The van der Waals surface area contributed by atoms with Crippen LogP contribution in [0.2, 0.25) is 0 Å². The zero-order valence-corrected chi connectivity index (χ0v) is 14.8. The van der Waals surface area contributed by atoms with Crippen LogP contribution in [0.15, 0.2) is 42.3 Å². The SMILES string of the molecule is Cn1cc(-c2nc(C(=O)N3CCC(c4ccncc4)CC3)cs2)cn1. The molecule has 6 nitrogen and oxygen atoms in total. The summed E-state index contributed by atoms with van der Waals surface area (Å²) in [6, 6.07) is 4.14. The van der Waals surface area contributed by atoms with Crippen molar-refractivity contribution in [2.45, 2.75) is 18.8 Å². The van der Waals surface area contributed by atoms with Gasteiger partial charge < -0.3 is 4.90 Å². The first kappa shape index (κ1) is 16.0. The Hall–Kier alpha value is -2.54. The van der Waals surface area contributed by atoms with Gasteiger partial charge in [-0.05, 0) is 36.5 Å². The molecule has 1 aliphatic rings. The second-order valence-electron chi connectivity index (χ2n) is 6.29. The van der Waals surface area contributed by atoms with E-state index >= 15 is 0 Å². The van der Waals surface area contributed by atoms with Gasteiger partial charge in [0.2, 0.25) is 0 Å². The van der Waals surface area contributed by atoms with Crippen molar-refractivity contribution in [1.29, 1.82) is 0 Å². The molecule has 3 aromatic heterocycles. The molecule has 0 aromatic carbocycles. The van der Waals surface area contributed by atoms with Crippen LogP contribution in [0.3, 0.4) is 0 Å². The lowest BCUT2D eigenvalue weighted by Gasteiger charge is -2.31. The lowest BCUT2D eigenvalue weighted by Crippen LogP contribution is -2.38. The number of thiazole rings is 1. The molecule has 4 heterocycles. The number of aromatic nitrogens is 4. The maximum Gasteiger partial charge on any atom is 0.273 e. The quantitative estimate of drug-likeness (QED) is 0.726. The van der Waals surface area contributed by atoms with Gasteiger partial charge in [-0.15, -0.1) is 11.3 Å². The van der Waals surface area contributed by atoms with Crippen LogP contribution >= 0.6 is 11.3 Å². The van der Waals surface area contributed by atoms with Gasteiger partial charge in [0.25, 0.3) is 5.91 Å². The molecule has 7 heteroatoms. The highest BCUT2D eigenvalue weighted by molar-refractivity contribution is 7.13. The Kier molecular flexibility index (Phi) is 4.31. The highest BCUT2D eigenvalue weighted by Crippen LogP contribution is 2.29. The summed E-state index contributed by atoms with van der Waals surface area (Å²) in [4.78, 5) is 23.2. The van der Waals surface area contributed by atoms with E-state index in [0.717, 1.165) is 36.5 Å². The van der Waals surface area contributed by atoms with Gasteiger partial charge in [0.15, 0.2) is 0 Å². The van der Waals surface area contributed by atoms with E-state index in [1.807, 2.05) is 35.9 Å². The van der Waals surface area contributed by atoms with E-state index in [9.17, 15) is 4.79 Å². The minimum atomic E-state index is 0.0274.